The summed E-state index contributed by atoms with van der Waals surface area (Å²) in [7, 11) is 1.65. The highest BCUT2D eigenvalue weighted by molar-refractivity contribution is 7.20. The van der Waals surface area contributed by atoms with Gasteiger partial charge in [-0.25, -0.2) is 9.97 Å². The van der Waals surface area contributed by atoms with Crippen molar-refractivity contribution < 1.29 is 4.74 Å². The second-order valence-corrected chi connectivity index (χ2v) is 7.68. The Morgan fingerprint density at radius 2 is 2.04 bits per heavy atom. The van der Waals surface area contributed by atoms with E-state index in [0.717, 1.165) is 52.8 Å². The van der Waals surface area contributed by atoms with Gasteiger partial charge in [-0.05, 0) is 45.0 Å². The quantitative estimate of drug-likeness (QED) is 0.602. The molecule has 26 heavy (non-hydrogen) atoms. The number of fused-ring (bicyclic) bond motifs is 2. The number of imidazole rings is 2. The standard InChI is InChI=1S/C18H20N6OS/c1-11-17(25-2)24-16(20-11)4-3-13(22-24)15-10-23-9-14(21-18(23)26-15)12-5-7-19-8-6-12/h3-4,9-10,12,19H,5-8H2,1-2H3. The number of rotatable bonds is 3. The SMILES string of the molecule is COc1c(C)nc2ccc(-c3cn4cc(C5CCNCC5)nc4s3)nn12. The van der Waals surface area contributed by atoms with Crippen LogP contribution in [0.1, 0.15) is 30.1 Å². The fraction of sp³-hybridized carbons (Fsp3) is 0.389. The summed E-state index contributed by atoms with van der Waals surface area (Å²) < 4.78 is 9.32. The van der Waals surface area contributed by atoms with Gasteiger partial charge in [0.15, 0.2) is 10.6 Å². The van der Waals surface area contributed by atoms with Crippen LogP contribution in [-0.4, -0.2) is 44.2 Å². The van der Waals surface area contributed by atoms with Gasteiger partial charge in [-0.3, -0.25) is 4.40 Å². The molecule has 4 aromatic heterocycles. The first-order valence-corrected chi connectivity index (χ1v) is 9.64. The minimum Gasteiger partial charge on any atom is -0.480 e. The molecule has 0 aromatic carbocycles. The van der Waals surface area contributed by atoms with Crippen molar-refractivity contribution in [2.24, 2.45) is 0 Å². The first-order chi connectivity index (χ1) is 12.7. The lowest BCUT2D eigenvalue weighted by molar-refractivity contribution is 0.384. The minimum atomic E-state index is 0.569. The Bertz CT molecular complexity index is 1060. The molecule has 1 aliphatic rings. The zero-order valence-electron chi connectivity index (χ0n) is 14.8. The molecule has 8 heteroatoms. The summed E-state index contributed by atoms with van der Waals surface area (Å²) in [4.78, 5) is 11.4. The van der Waals surface area contributed by atoms with Crippen LogP contribution >= 0.6 is 11.3 Å². The summed E-state index contributed by atoms with van der Waals surface area (Å²) in [5.41, 5.74) is 3.73. The van der Waals surface area contributed by atoms with E-state index in [1.165, 1.54) is 5.69 Å². The molecular weight excluding hydrogens is 348 g/mol. The van der Waals surface area contributed by atoms with Crippen LogP contribution in [0.25, 0.3) is 21.2 Å². The van der Waals surface area contributed by atoms with Crippen LogP contribution in [0.3, 0.4) is 0 Å². The second-order valence-electron chi connectivity index (χ2n) is 6.67. The fourth-order valence-corrected chi connectivity index (χ4v) is 4.57. The summed E-state index contributed by atoms with van der Waals surface area (Å²) in [5.74, 6) is 1.25. The van der Waals surface area contributed by atoms with Crippen molar-refractivity contribution in [1.82, 2.24) is 29.3 Å². The van der Waals surface area contributed by atoms with Gasteiger partial charge in [0.2, 0.25) is 5.88 Å². The van der Waals surface area contributed by atoms with Crippen molar-refractivity contribution in [3.8, 4) is 16.5 Å². The minimum absolute atomic E-state index is 0.569. The van der Waals surface area contributed by atoms with Crippen molar-refractivity contribution in [1.29, 1.82) is 0 Å². The number of aromatic nitrogens is 5. The molecule has 5 heterocycles. The van der Waals surface area contributed by atoms with Crippen LogP contribution in [-0.2, 0) is 0 Å². The Labute approximate surface area is 154 Å². The number of nitrogens with one attached hydrogen (secondary N) is 1. The maximum atomic E-state index is 5.43. The molecule has 0 unspecified atom stereocenters. The number of nitrogens with zero attached hydrogens (tertiary/aromatic N) is 5. The Balaban J connectivity index is 1.52. The lowest BCUT2D eigenvalue weighted by atomic mass is 9.95. The predicted molar refractivity (Wildman–Crippen MR) is 101 cm³/mol. The number of aryl methyl sites for hydroxylation is 1. The van der Waals surface area contributed by atoms with E-state index in [1.54, 1.807) is 23.0 Å². The van der Waals surface area contributed by atoms with Crippen LogP contribution < -0.4 is 10.1 Å². The maximum Gasteiger partial charge on any atom is 0.238 e. The van der Waals surface area contributed by atoms with E-state index >= 15 is 0 Å². The number of hydrogen-bond donors (Lipinski definition) is 1. The summed E-state index contributed by atoms with van der Waals surface area (Å²) in [6.45, 7) is 4.09. The number of ether oxygens (including phenoxy) is 1. The topological polar surface area (TPSA) is 68.8 Å². The van der Waals surface area contributed by atoms with Gasteiger partial charge in [-0.15, -0.1) is 0 Å². The van der Waals surface area contributed by atoms with Gasteiger partial charge in [0.05, 0.1) is 17.7 Å². The smallest absolute Gasteiger partial charge is 0.238 e. The van der Waals surface area contributed by atoms with Crippen LogP contribution in [0.2, 0.25) is 0 Å². The van der Waals surface area contributed by atoms with Crippen molar-refractivity contribution in [3.63, 3.8) is 0 Å². The molecule has 134 valence electrons. The third kappa shape index (κ3) is 2.48. The van der Waals surface area contributed by atoms with Crippen LogP contribution in [0.15, 0.2) is 24.5 Å². The summed E-state index contributed by atoms with van der Waals surface area (Å²) in [6.07, 6.45) is 6.61. The van der Waals surface area contributed by atoms with E-state index in [1.807, 2.05) is 19.1 Å². The highest BCUT2D eigenvalue weighted by Gasteiger charge is 2.19. The van der Waals surface area contributed by atoms with Crippen molar-refractivity contribution in [2.45, 2.75) is 25.7 Å². The zero-order valence-corrected chi connectivity index (χ0v) is 15.6. The molecular formula is C18H20N6OS. The summed E-state index contributed by atoms with van der Waals surface area (Å²) in [5, 5.41) is 8.12. The van der Waals surface area contributed by atoms with E-state index in [-0.39, 0.29) is 0 Å². The van der Waals surface area contributed by atoms with Crippen LogP contribution in [0.4, 0.5) is 0 Å². The van der Waals surface area contributed by atoms with Gasteiger partial charge >= 0.3 is 0 Å². The predicted octanol–water partition coefficient (Wildman–Crippen LogP) is 2.89. The molecule has 0 atom stereocenters. The number of hydrogen-bond acceptors (Lipinski definition) is 6. The van der Waals surface area contributed by atoms with Crippen molar-refractivity contribution in [2.75, 3.05) is 20.2 Å². The summed E-state index contributed by atoms with van der Waals surface area (Å²) in [6, 6.07) is 3.97. The highest BCUT2D eigenvalue weighted by atomic mass is 32.1. The molecule has 1 N–H and O–H groups in total. The third-order valence-corrected chi connectivity index (χ3v) is 6.00. The average molecular weight is 368 g/mol. The van der Waals surface area contributed by atoms with Crippen LogP contribution in [0, 0.1) is 6.92 Å². The van der Waals surface area contributed by atoms with E-state index in [4.69, 9.17) is 14.8 Å². The molecule has 0 saturated carbocycles. The first-order valence-electron chi connectivity index (χ1n) is 8.83. The third-order valence-electron chi connectivity index (χ3n) is 4.98. The van der Waals surface area contributed by atoms with Gasteiger partial charge in [0, 0.05) is 18.3 Å². The molecule has 0 amide bonds. The highest BCUT2D eigenvalue weighted by Crippen LogP contribution is 2.31. The largest absolute Gasteiger partial charge is 0.480 e. The molecule has 0 bridgehead atoms. The Hall–Kier alpha value is -2.45. The zero-order chi connectivity index (χ0) is 17.7. The number of thiazole rings is 1. The normalized spacial score (nSPS) is 15.9. The van der Waals surface area contributed by atoms with Gasteiger partial charge in [-0.1, -0.05) is 11.3 Å². The Kier molecular flexibility index (Phi) is 3.68. The van der Waals surface area contributed by atoms with Crippen molar-refractivity contribution in [3.05, 3.63) is 35.9 Å². The van der Waals surface area contributed by atoms with Crippen LogP contribution in [0.5, 0.6) is 5.88 Å². The molecule has 5 rings (SSSR count). The molecule has 4 aromatic rings. The van der Waals surface area contributed by atoms with Crippen molar-refractivity contribution >= 4 is 21.9 Å². The Morgan fingerprint density at radius 3 is 2.81 bits per heavy atom. The summed E-state index contributed by atoms with van der Waals surface area (Å²) >= 11 is 1.66. The Morgan fingerprint density at radius 1 is 1.19 bits per heavy atom. The van der Waals surface area contributed by atoms with E-state index in [9.17, 15) is 0 Å². The monoisotopic (exact) mass is 368 g/mol. The molecule has 0 aliphatic carbocycles. The van der Waals surface area contributed by atoms with E-state index < -0.39 is 0 Å². The first kappa shape index (κ1) is 15.8. The molecule has 1 fully saturated rings. The molecule has 0 spiro atoms. The number of methoxy groups -OCH3 is 1. The molecule has 1 saturated heterocycles. The molecule has 1 aliphatic heterocycles. The van der Waals surface area contributed by atoms with Gasteiger partial charge in [0.25, 0.3) is 0 Å². The lowest BCUT2D eigenvalue weighted by Crippen LogP contribution is -2.26. The second kappa shape index (κ2) is 6.07. The maximum absolute atomic E-state index is 5.43. The average Bonchev–Trinajstić information content (AvgIpc) is 3.31. The number of piperidine rings is 1. The molecule has 0 radical (unpaired) electrons. The lowest BCUT2D eigenvalue weighted by Gasteiger charge is -2.20. The van der Waals surface area contributed by atoms with Gasteiger partial charge in [0.1, 0.15) is 11.4 Å². The van der Waals surface area contributed by atoms with Gasteiger partial charge in [-0.2, -0.15) is 9.61 Å². The van der Waals surface area contributed by atoms with E-state index in [0.29, 0.717) is 11.8 Å². The fourth-order valence-electron chi connectivity index (χ4n) is 3.64. The van der Waals surface area contributed by atoms with E-state index in [2.05, 4.69) is 27.1 Å². The van der Waals surface area contributed by atoms with Gasteiger partial charge < -0.3 is 10.1 Å². The molecule has 7 nitrogen and oxygen atoms in total.